The van der Waals surface area contributed by atoms with E-state index in [9.17, 15) is 9.59 Å². The van der Waals surface area contributed by atoms with Crippen molar-refractivity contribution in [1.29, 1.82) is 0 Å². The van der Waals surface area contributed by atoms with Crippen LogP contribution in [0.2, 0.25) is 0 Å². The Labute approximate surface area is 188 Å². The number of hydrogen-bond acceptors (Lipinski definition) is 5. The SMILES string of the molecule is CCCCCCCCOC(=O)c1ccccc1C(=O)OCCC(CCCC)CCOC. The number of carbonyl (C=O) groups excluding carboxylic acids is 2. The van der Waals surface area contributed by atoms with Crippen LogP contribution >= 0.6 is 0 Å². The van der Waals surface area contributed by atoms with Gasteiger partial charge in [-0.1, -0.05) is 77.3 Å². The van der Waals surface area contributed by atoms with Gasteiger partial charge in [0.2, 0.25) is 0 Å². The highest BCUT2D eigenvalue weighted by molar-refractivity contribution is 6.03. The summed E-state index contributed by atoms with van der Waals surface area (Å²) in [4.78, 5) is 25.1. The largest absolute Gasteiger partial charge is 0.462 e. The number of methoxy groups -OCH3 is 1. The Morgan fingerprint density at radius 2 is 1.26 bits per heavy atom. The van der Waals surface area contributed by atoms with Crippen LogP contribution in [0.1, 0.15) is 105 Å². The molecule has 0 spiro atoms. The molecule has 176 valence electrons. The third kappa shape index (κ3) is 11.9. The average Bonchev–Trinajstić information content (AvgIpc) is 2.79. The number of carbonyl (C=O) groups is 2. The van der Waals surface area contributed by atoms with Gasteiger partial charge in [-0.2, -0.15) is 0 Å². The molecule has 0 N–H and O–H groups in total. The van der Waals surface area contributed by atoms with Gasteiger partial charge >= 0.3 is 11.9 Å². The Kier molecular flexibility index (Phi) is 15.6. The maximum atomic E-state index is 12.6. The molecule has 0 amide bonds. The van der Waals surface area contributed by atoms with E-state index in [2.05, 4.69) is 13.8 Å². The van der Waals surface area contributed by atoms with Gasteiger partial charge in [0.15, 0.2) is 0 Å². The number of hydrogen-bond donors (Lipinski definition) is 0. The van der Waals surface area contributed by atoms with Gasteiger partial charge in [-0.15, -0.1) is 0 Å². The normalized spacial score (nSPS) is 11.8. The molecule has 1 atom stereocenters. The maximum absolute atomic E-state index is 12.6. The zero-order valence-electron chi connectivity index (χ0n) is 19.8. The Hall–Kier alpha value is -1.88. The standard InChI is InChI=1S/C26H42O5/c1-4-6-8-9-10-13-19-30-25(27)23-15-11-12-16-24(23)26(28)31-21-18-22(14-7-5-2)17-20-29-3/h11-12,15-16,22H,4-10,13-14,17-21H2,1-3H3. The van der Waals surface area contributed by atoms with E-state index in [-0.39, 0.29) is 11.1 Å². The van der Waals surface area contributed by atoms with E-state index in [0.717, 1.165) is 58.0 Å². The predicted octanol–water partition coefficient (Wildman–Crippen LogP) is 6.59. The number of benzene rings is 1. The van der Waals surface area contributed by atoms with Crippen molar-refractivity contribution in [3.8, 4) is 0 Å². The lowest BCUT2D eigenvalue weighted by Crippen LogP contribution is -2.16. The van der Waals surface area contributed by atoms with Crippen LogP contribution in [0.5, 0.6) is 0 Å². The smallest absolute Gasteiger partial charge is 0.339 e. The first-order chi connectivity index (χ1) is 15.1. The molecular weight excluding hydrogens is 392 g/mol. The van der Waals surface area contributed by atoms with Gasteiger partial charge in [-0.05, 0) is 37.3 Å². The second-order valence-corrected chi connectivity index (χ2v) is 8.16. The van der Waals surface area contributed by atoms with Gasteiger partial charge in [-0.25, -0.2) is 9.59 Å². The topological polar surface area (TPSA) is 61.8 Å². The first-order valence-electron chi connectivity index (χ1n) is 12.1. The Bertz CT molecular complexity index is 606. The van der Waals surface area contributed by atoms with Crippen LogP contribution in [0, 0.1) is 5.92 Å². The van der Waals surface area contributed by atoms with Crippen LogP contribution in [0.4, 0.5) is 0 Å². The summed E-state index contributed by atoms with van der Waals surface area (Å²) in [6.45, 7) is 5.81. The molecule has 0 aromatic heterocycles. The minimum atomic E-state index is -0.465. The molecule has 0 fully saturated rings. The van der Waals surface area contributed by atoms with E-state index in [1.807, 2.05) is 0 Å². The molecule has 0 aliphatic rings. The van der Waals surface area contributed by atoms with Crippen molar-refractivity contribution in [3.63, 3.8) is 0 Å². The number of rotatable bonds is 18. The highest BCUT2D eigenvalue weighted by Crippen LogP contribution is 2.18. The third-order valence-electron chi connectivity index (χ3n) is 5.55. The minimum absolute atomic E-state index is 0.275. The molecule has 1 aromatic rings. The first-order valence-corrected chi connectivity index (χ1v) is 12.1. The lowest BCUT2D eigenvalue weighted by atomic mass is 9.96. The zero-order chi connectivity index (χ0) is 22.7. The molecule has 1 aromatic carbocycles. The fraction of sp³-hybridized carbons (Fsp3) is 0.692. The van der Waals surface area contributed by atoms with Gasteiger partial charge in [0.1, 0.15) is 0 Å². The van der Waals surface area contributed by atoms with Gasteiger partial charge in [0, 0.05) is 13.7 Å². The van der Waals surface area contributed by atoms with Crippen LogP contribution < -0.4 is 0 Å². The lowest BCUT2D eigenvalue weighted by molar-refractivity contribution is 0.0436. The number of unbranched alkanes of at least 4 members (excludes halogenated alkanes) is 6. The van der Waals surface area contributed by atoms with Crippen LogP contribution in [-0.2, 0) is 14.2 Å². The van der Waals surface area contributed by atoms with Gasteiger partial charge in [0.25, 0.3) is 0 Å². The lowest BCUT2D eigenvalue weighted by Gasteiger charge is -2.16. The second kappa shape index (κ2) is 17.8. The first kappa shape index (κ1) is 27.2. The van der Waals surface area contributed by atoms with E-state index in [1.54, 1.807) is 31.4 Å². The zero-order valence-corrected chi connectivity index (χ0v) is 19.8. The summed E-state index contributed by atoms with van der Waals surface area (Å²) in [7, 11) is 1.71. The highest BCUT2D eigenvalue weighted by atomic mass is 16.5. The summed E-state index contributed by atoms with van der Waals surface area (Å²) >= 11 is 0. The van der Waals surface area contributed by atoms with Gasteiger partial charge in [0.05, 0.1) is 24.3 Å². The molecule has 0 radical (unpaired) electrons. The van der Waals surface area contributed by atoms with Crippen molar-refractivity contribution in [2.75, 3.05) is 26.9 Å². The minimum Gasteiger partial charge on any atom is -0.462 e. The summed E-state index contributed by atoms with van der Waals surface area (Å²) < 4.78 is 16.1. The number of ether oxygens (including phenoxy) is 3. The molecule has 0 saturated carbocycles. The molecule has 5 heteroatoms. The van der Waals surface area contributed by atoms with Crippen LogP contribution in [0.3, 0.4) is 0 Å². The predicted molar refractivity (Wildman–Crippen MR) is 125 cm³/mol. The Morgan fingerprint density at radius 3 is 1.87 bits per heavy atom. The molecule has 1 rings (SSSR count). The Balaban J connectivity index is 2.49. The van der Waals surface area contributed by atoms with Crippen LogP contribution in [0.25, 0.3) is 0 Å². The quantitative estimate of drug-likeness (QED) is 0.192. The summed E-state index contributed by atoms with van der Waals surface area (Å²) in [5.74, 6) is -0.444. The van der Waals surface area contributed by atoms with Crippen LogP contribution in [-0.4, -0.2) is 38.9 Å². The molecular formula is C26H42O5. The molecule has 5 nitrogen and oxygen atoms in total. The molecule has 0 bridgehead atoms. The number of esters is 2. The van der Waals surface area contributed by atoms with Crippen LogP contribution in [0.15, 0.2) is 24.3 Å². The van der Waals surface area contributed by atoms with Crippen molar-refractivity contribution in [1.82, 2.24) is 0 Å². The third-order valence-corrected chi connectivity index (χ3v) is 5.55. The van der Waals surface area contributed by atoms with Crippen molar-refractivity contribution in [2.45, 2.75) is 84.5 Å². The monoisotopic (exact) mass is 434 g/mol. The van der Waals surface area contributed by atoms with Crippen molar-refractivity contribution in [3.05, 3.63) is 35.4 Å². The van der Waals surface area contributed by atoms with E-state index in [1.165, 1.54) is 19.3 Å². The van der Waals surface area contributed by atoms with Crippen molar-refractivity contribution >= 4 is 11.9 Å². The van der Waals surface area contributed by atoms with E-state index >= 15 is 0 Å². The average molecular weight is 435 g/mol. The van der Waals surface area contributed by atoms with Gasteiger partial charge in [-0.3, -0.25) is 0 Å². The summed E-state index contributed by atoms with van der Waals surface area (Å²) in [6, 6.07) is 6.74. The summed E-state index contributed by atoms with van der Waals surface area (Å²) in [5, 5.41) is 0. The van der Waals surface area contributed by atoms with Crippen molar-refractivity contribution < 1.29 is 23.8 Å². The molecule has 0 aliphatic heterocycles. The molecule has 0 saturated heterocycles. The molecule has 0 aliphatic carbocycles. The van der Waals surface area contributed by atoms with E-state index in [0.29, 0.717) is 19.1 Å². The fourth-order valence-electron chi connectivity index (χ4n) is 3.57. The second-order valence-electron chi connectivity index (χ2n) is 8.16. The van der Waals surface area contributed by atoms with E-state index < -0.39 is 11.9 Å². The molecule has 1 unspecified atom stereocenters. The van der Waals surface area contributed by atoms with E-state index in [4.69, 9.17) is 14.2 Å². The molecule has 0 heterocycles. The summed E-state index contributed by atoms with van der Waals surface area (Å²) in [6.07, 6.45) is 12.0. The summed E-state index contributed by atoms with van der Waals surface area (Å²) in [5.41, 5.74) is 0.554. The van der Waals surface area contributed by atoms with Gasteiger partial charge < -0.3 is 14.2 Å². The molecule has 31 heavy (non-hydrogen) atoms. The Morgan fingerprint density at radius 1 is 0.710 bits per heavy atom. The highest BCUT2D eigenvalue weighted by Gasteiger charge is 2.19. The maximum Gasteiger partial charge on any atom is 0.339 e. The fourth-order valence-corrected chi connectivity index (χ4v) is 3.57. The van der Waals surface area contributed by atoms with Crippen molar-refractivity contribution in [2.24, 2.45) is 5.92 Å².